The summed E-state index contributed by atoms with van der Waals surface area (Å²) in [5, 5.41) is 3.08. The average molecular weight is 258 g/mol. The third kappa shape index (κ3) is 1.79. The fourth-order valence-corrected chi connectivity index (χ4v) is 3.08. The minimum absolute atomic E-state index is 0.122. The molecule has 0 spiro atoms. The van der Waals surface area contributed by atoms with E-state index >= 15 is 0 Å². The zero-order valence-corrected chi connectivity index (χ0v) is 10.4. The van der Waals surface area contributed by atoms with Crippen molar-refractivity contribution in [3.63, 3.8) is 0 Å². The molecule has 6 heteroatoms. The highest BCUT2D eigenvalue weighted by molar-refractivity contribution is 5.95. The van der Waals surface area contributed by atoms with Gasteiger partial charge in [-0.25, -0.2) is 9.97 Å². The number of nitrogens with one attached hydrogen (secondary N) is 1. The second-order valence-electron chi connectivity index (χ2n) is 5.28. The molecule has 1 N–H and O–H groups in total. The fraction of sp³-hybridized carbons (Fsp3) is 0.462. The van der Waals surface area contributed by atoms with Gasteiger partial charge in [0.25, 0.3) is 5.91 Å². The van der Waals surface area contributed by atoms with Crippen molar-refractivity contribution in [1.29, 1.82) is 0 Å². The van der Waals surface area contributed by atoms with E-state index in [9.17, 15) is 4.79 Å². The highest BCUT2D eigenvalue weighted by Gasteiger charge is 2.38. The molecule has 98 valence electrons. The van der Waals surface area contributed by atoms with E-state index < -0.39 is 0 Å². The molecule has 0 aromatic carbocycles. The number of nitrogens with zero attached hydrogens (tertiary/aromatic N) is 3. The average Bonchev–Trinajstić information content (AvgIpc) is 3.13. The summed E-state index contributed by atoms with van der Waals surface area (Å²) in [6.07, 6.45) is 4.08. The molecule has 2 saturated heterocycles. The Hall–Kier alpha value is -1.95. The Morgan fingerprint density at radius 1 is 1.42 bits per heavy atom. The Kier molecular flexibility index (Phi) is 2.32. The first-order valence-electron chi connectivity index (χ1n) is 6.52. The van der Waals surface area contributed by atoms with Crippen molar-refractivity contribution in [3.05, 3.63) is 24.4 Å². The molecule has 3 atom stereocenters. The first kappa shape index (κ1) is 10.9. The normalized spacial score (nSPS) is 28.9. The maximum absolute atomic E-state index is 12.2. The van der Waals surface area contributed by atoms with Gasteiger partial charge in [-0.3, -0.25) is 4.79 Å². The first-order valence-corrected chi connectivity index (χ1v) is 6.52. The van der Waals surface area contributed by atoms with Crippen LogP contribution < -0.4 is 5.32 Å². The summed E-state index contributed by atoms with van der Waals surface area (Å²) in [4.78, 5) is 22.7. The Balaban J connectivity index is 1.53. The van der Waals surface area contributed by atoms with E-state index in [2.05, 4.69) is 20.2 Å². The molecule has 0 saturated carbocycles. The Morgan fingerprint density at radius 3 is 3.16 bits per heavy atom. The molecule has 0 radical (unpaired) electrons. The van der Waals surface area contributed by atoms with E-state index in [4.69, 9.17) is 4.42 Å². The van der Waals surface area contributed by atoms with E-state index in [1.807, 2.05) is 0 Å². The van der Waals surface area contributed by atoms with Crippen molar-refractivity contribution in [2.24, 2.45) is 5.92 Å². The summed E-state index contributed by atoms with van der Waals surface area (Å²) in [6.45, 7) is 3.24. The van der Waals surface area contributed by atoms with Crippen LogP contribution in [0.2, 0.25) is 0 Å². The zero-order chi connectivity index (χ0) is 12.8. The fourth-order valence-electron chi connectivity index (χ4n) is 3.08. The number of carbonyl (C=O) groups excluding carboxylic acids is 1. The number of carbonyl (C=O) groups is 1. The number of piperidine rings is 1. The number of pyridine rings is 1. The number of rotatable bonds is 2. The Morgan fingerprint density at radius 2 is 2.37 bits per heavy atom. The molecule has 2 bridgehead atoms. The van der Waals surface area contributed by atoms with Crippen LogP contribution in [0.25, 0.3) is 11.1 Å². The van der Waals surface area contributed by atoms with E-state index in [0.29, 0.717) is 22.7 Å². The van der Waals surface area contributed by atoms with Crippen LogP contribution in [0.5, 0.6) is 0 Å². The van der Waals surface area contributed by atoms with E-state index in [-0.39, 0.29) is 11.9 Å². The van der Waals surface area contributed by atoms with Gasteiger partial charge in [0.05, 0.1) is 6.20 Å². The van der Waals surface area contributed by atoms with Crippen molar-refractivity contribution < 1.29 is 9.21 Å². The molecule has 0 aliphatic carbocycles. The number of hydrogen-bond acceptors (Lipinski definition) is 5. The lowest BCUT2D eigenvalue weighted by Crippen LogP contribution is -2.43. The topological polar surface area (TPSA) is 71.3 Å². The Labute approximate surface area is 109 Å². The van der Waals surface area contributed by atoms with E-state index in [1.165, 1.54) is 19.4 Å². The number of hydrogen-bond donors (Lipinski definition) is 1. The SMILES string of the molecule is O=C(NC1CN2CC[C@H]1C2)c1cc2ncoc2cn1. The highest BCUT2D eigenvalue weighted by Crippen LogP contribution is 2.27. The standard InChI is InChI=1S/C13H14N4O2/c18-13(16-11-6-17-2-1-8(11)5-17)10-3-9-12(4-14-10)19-7-15-9/h3-4,7-8,11H,1-2,5-6H2,(H,16,18)/t8-,11?/m0/s1. The van der Waals surface area contributed by atoms with Crippen LogP contribution in [0.3, 0.4) is 0 Å². The summed E-state index contributed by atoms with van der Waals surface area (Å²) < 4.78 is 5.11. The smallest absolute Gasteiger partial charge is 0.270 e. The van der Waals surface area contributed by atoms with Gasteiger partial charge in [0.1, 0.15) is 11.2 Å². The summed E-state index contributed by atoms with van der Waals surface area (Å²) in [6, 6.07) is 1.93. The van der Waals surface area contributed by atoms with Gasteiger partial charge in [0.15, 0.2) is 12.0 Å². The number of amides is 1. The zero-order valence-electron chi connectivity index (χ0n) is 10.4. The minimum Gasteiger partial charge on any atom is -0.442 e. The molecule has 6 nitrogen and oxygen atoms in total. The first-order chi connectivity index (χ1) is 9.29. The maximum Gasteiger partial charge on any atom is 0.270 e. The lowest BCUT2D eigenvalue weighted by Gasteiger charge is -2.22. The van der Waals surface area contributed by atoms with E-state index in [1.54, 1.807) is 12.3 Å². The molecule has 1 amide bonds. The molecule has 19 heavy (non-hydrogen) atoms. The molecule has 2 fully saturated rings. The molecule has 2 aromatic rings. The van der Waals surface area contributed by atoms with Gasteiger partial charge in [-0.2, -0.15) is 0 Å². The molecule has 2 unspecified atom stereocenters. The van der Waals surface area contributed by atoms with Crippen LogP contribution in [-0.4, -0.2) is 46.5 Å². The molecular formula is C13H14N4O2. The molecule has 2 aliphatic rings. The molecule has 4 rings (SSSR count). The molecular weight excluding hydrogens is 244 g/mol. The van der Waals surface area contributed by atoms with Crippen molar-refractivity contribution in [3.8, 4) is 0 Å². The van der Waals surface area contributed by atoms with Gasteiger partial charge in [-0.15, -0.1) is 0 Å². The minimum atomic E-state index is -0.122. The van der Waals surface area contributed by atoms with E-state index in [0.717, 1.165) is 13.1 Å². The predicted molar refractivity (Wildman–Crippen MR) is 67.6 cm³/mol. The van der Waals surface area contributed by atoms with Gasteiger partial charge >= 0.3 is 0 Å². The van der Waals surface area contributed by atoms with Gasteiger partial charge in [0.2, 0.25) is 0 Å². The number of aromatic nitrogens is 2. The van der Waals surface area contributed by atoms with Gasteiger partial charge in [0, 0.05) is 19.1 Å². The maximum atomic E-state index is 12.2. The summed E-state index contributed by atoms with van der Waals surface area (Å²) >= 11 is 0. The molecule has 2 aromatic heterocycles. The lowest BCUT2D eigenvalue weighted by atomic mass is 10.00. The lowest BCUT2D eigenvalue weighted by molar-refractivity contribution is 0.0919. The van der Waals surface area contributed by atoms with Gasteiger partial charge in [-0.05, 0) is 24.9 Å². The second-order valence-corrected chi connectivity index (χ2v) is 5.28. The van der Waals surface area contributed by atoms with Crippen molar-refractivity contribution in [2.75, 3.05) is 19.6 Å². The molecule has 4 heterocycles. The number of oxazole rings is 1. The monoisotopic (exact) mass is 258 g/mol. The molecule has 2 aliphatic heterocycles. The number of fused-ring (bicyclic) bond motifs is 3. The second kappa shape index (κ2) is 4.03. The third-order valence-electron chi connectivity index (χ3n) is 4.10. The van der Waals surface area contributed by atoms with Crippen LogP contribution in [0, 0.1) is 5.92 Å². The summed E-state index contributed by atoms with van der Waals surface area (Å²) in [7, 11) is 0. The Bertz CT molecular complexity index is 638. The van der Waals surface area contributed by atoms with Gasteiger partial charge in [-0.1, -0.05) is 0 Å². The van der Waals surface area contributed by atoms with Crippen molar-refractivity contribution >= 4 is 17.0 Å². The van der Waals surface area contributed by atoms with Crippen LogP contribution in [-0.2, 0) is 0 Å². The summed E-state index contributed by atoms with van der Waals surface area (Å²) in [5.41, 5.74) is 1.67. The van der Waals surface area contributed by atoms with Crippen molar-refractivity contribution in [2.45, 2.75) is 12.5 Å². The van der Waals surface area contributed by atoms with Gasteiger partial charge < -0.3 is 14.6 Å². The van der Waals surface area contributed by atoms with Crippen LogP contribution in [0.15, 0.2) is 23.1 Å². The highest BCUT2D eigenvalue weighted by atomic mass is 16.3. The predicted octanol–water partition coefficient (Wildman–Crippen LogP) is 0.657. The quantitative estimate of drug-likeness (QED) is 0.856. The van der Waals surface area contributed by atoms with Crippen LogP contribution in [0.4, 0.5) is 0 Å². The summed E-state index contributed by atoms with van der Waals surface area (Å²) in [5.74, 6) is 0.475. The largest absolute Gasteiger partial charge is 0.442 e. The third-order valence-corrected chi connectivity index (χ3v) is 4.10. The van der Waals surface area contributed by atoms with Crippen LogP contribution >= 0.6 is 0 Å². The van der Waals surface area contributed by atoms with Crippen molar-refractivity contribution in [1.82, 2.24) is 20.2 Å². The van der Waals surface area contributed by atoms with Crippen LogP contribution in [0.1, 0.15) is 16.9 Å².